The molecule has 0 amide bonds. The average molecular weight is 315 g/mol. The summed E-state index contributed by atoms with van der Waals surface area (Å²) >= 11 is 0. The van der Waals surface area contributed by atoms with Gasteiger partial charge in [0.25, 0.3) is 0 Å². The van der Waals surface area contributed by atoms with E-state index >= 15 is 0 Å². The summed E-state index contributed by atoms with van der Waals surface area (Å²) in [5.41, 5.74) is 1.64. The molecule has 1 saturated heterocycles. The SMILES string of the molecule is Fc1ccccc1COc1ccccc1CNCC1CCCO1. The highest BCUT2D eigenvalue weighted by Crippen LogP contribution is 2.20. The lowest BCUT2D eigenvalue weighted by molar-refractivity contribution is 0.110. The number of rotatable bonds is 7. The van der Waals surface area contributed by atoms with Gasteiger partial charge in [-0.1, -0.05) is 36.4 Å². The largest absolute Gasteiger partial charge is 0.488 e. The second kappa shape index (κ2) is 8.09. The highest BCUT2D eigenvalue weighted by Gasteiger charge is 2.14. The first-order valence-electron chi connectivity index (χ1n) is 8.09. The van der Waals surface area contributed by atoms with Crippen molar-refractivity contribution in [3.8, 4) is 5.75 Å². The number of benzene rings is 2. The molecular formula is C19H22FNO2. The summed E-state index contributed by atoms with van der Waals surface area (Å²) in [6, 6.07) is 14.6. The quantitative estimate of drug-likeness (QED) is 0.845. The Balaban J connectivity index is 1.55. The number of hydrogen-bond acceptors (Lipinski definition) is 3. The smallest absolute Gasteiger partial charge is 0.129 e. The Morgan fingerprint density at radius 2 is 1.87 bits per heavy atom. The zero-order valence-electron chi connectivity index (χ0n) is 13.1. The van der Waals surface area contributed by atoms with Gasteiger partial charge in [0.2, 0.25) is 0 Å². The second-order valence-electron chi connectivity index (χ2n) is 5.75. The third-order valence-electron chi connectivity index (χ3n) is 4.03. The first-order chi connectivity index (χ1) is 11.3. The monoisotopic (exact) mass is 315 g/mol. The molecule has 1 aliphatic rings. The first-order valence-corrected chi connectivity index (χ1v) is 8.09. The number of nitrogens with one attached hydrogen (secondary N) is 1. The molecule has 3 rings (SSSR count). The number of halogens is 1. The Labute approximate surface area is 136 Å². The van der Waals surface area contributed by atoms with Gasteiger partial charge in [0.15, 0.2) is 0 Å². The highest BCUT2D eigenvalue weighted by molar-refractivity contribution is 5.33. The van der Waals surface area contributed by atoms with Crippen LogP contribution in [0.15, 0.2) is 48.5 Å². The normalized spacial score (nSPS) is 17.3. The number of ether oxygens (including phenoxy) is 2. The molecule has 1 heterocycles. The standard InChI is InChI=1S/C19H22FNO2/c20-18-9-3-1-7-16(18)14-23-19-10-4-2-6-15(19)12-21-13-17-8-5-11-22-17/h1-4,6-7,9-10,17,21H,5,8,11-14H2. The Kier molecular flexibility index (Phi) is 5.61. The minimum atomic E-state index is -0.235. The fourth-order valence-corrected chi connectivity index (χ4v) is 2.73. The van der Waals surface area contributed by atoms with Crippen LogP contribution in [0.25, 0.3) is 0 Å². The van der Waals surface area contributed by atoms with Crippen molar-refractivity contribution < 1.29 is 13.9 Å². The van der Waals surface area contributed by atoms with Crippen LogP contribution in [0.3, 0.4) is 0 Å². The van der Waals surface area contributed by atoms with Crippen LogP contribution in [0.1, 0.15) is 24.0 Å². The Morgan fingerprint density at radius 3 is 2.65 bits per heavy atom. The molecule has 122 valence electrons. The predicted molar refractivity (Wildman–Crippen MR) is 87.9 cm³/mol. The van der Waals surface area contributed by atoms with Crippen molar-refractivity contribution in [2.45, 2.75) is 32.1 Å². The molecule has 2 aromatic rings. The minimum Gasteiger partial charge on any atom is -0.488 e. The van der Waals surface area contributed by atoms with E-state index in [2.05, 4.69) is 5.32 Å². The van der Waals surface area contributed by atoms with E-state index in [1.807, 2.05) is 30.3 Å². The molecule has 1 N–H and O–H groups in total. The lowest BCUT2D eigenvalue weighted by Crippen LogP contribution is -2.26. The molecule has 2 aromatic carbocycles. The van der Waals surface area contributed by atoms with E-state index in [0.717, 1.165) is 37.3 Å². The van der Waals surface area contributed by atoms with Gasteiger partial charge in [-0.3, -0.25) is 0 Å². The van der Waals surface area contributed by atoms with Crippen molar-refractivity contribution in [1.82, 2.24) is 5.32 Å². The fraction of sp³-hybridized carbons (Fsp3) is 0.368. The zero-order chi connectivity index (χ0) is 15.9. The van der Waals surface area contributed by atoms with Crippen molar-refractivity contribution in [2.24, 2.45) is 0 Å². The summed E-state index contributed by atoms with van der Waals surface area (Å²) in [4.78, 5) is 0. The molecule has 1 unspecified atom stereocenters. The molecule has 4 heteroatoms. The summed E-state index contributed by atoms with van der Waals surface area (Å²) in [6.45, 7) is 2.67. The second-order valence-corrected chi connectivity index (χ2v) is 5.75. The first kappa shape index (κ1) is 16.0. The van der Waals surface area contributed by atoms with Gasteiger partial charge < -0.3 is 14.8 Å². The number of hydrogen-bond donors (Lipinski definition) is 1. The summed E-state index contributed by atoms with van der Waals surface area (Å²) in [6.07, 6.45) is 2.59. The summed E-state index contributed by atoms with van der Waals surface area (Å²) < 4.78 is 25.1. The lowest BCUT2D eigenvalue weighted by Gasteiger charge is -2.14. The highest BCUT2D eigenvalue weighted by atomic mass is 19.1. The van der Waals surface area contributed by atoms with Crippen molar-refractivity contribution in [3.05, 3.63) is 65.5 Å². The average Bonchev–Trinajstić information content (AvgIpc) is 3.09. The van der Waals surface area contributed by atoms with Crippen LogP contribution in [0, 0.1) is 5.82 Å². The summed E-state index contributed by atoms with van der Waals surface area (Å²) in [5, 5.41) is 3.41. The van der Waals surface area contributed by atoms with Crippen molar-refractivity contribution in [2.75, 3.05) is 13.2 Å². The van der Waals surface area contributed by atoms with Gasteiger partial charge in [0.1, 0.15) is 18.2 Å². The van der Waals surface area contributed by atoms with Crippen LogP contribution in [-0.4, -0.2) is 19.3 Å². The van der Waals surface area contributed by atoms with Gasteiger partial charge in [0, 0.05) is 30.8 Å². The van der Waals surface area contributed by atoms with Crippen LogP contribution in [0.5, 0.6) is 5.75 Å². The molecule has 3 nitrogen and oxygen atoms in total. The molecule has 0 saturated carbocycles. The topological polar surface area (TPSA) is 30.5 Å². The van der Waals surface area contributed by atoms with Gasteiger partial charge in [-0.25, -0.2) is 4.39 Å². The maximum atomic E-state index is 13.7. The van der Waals surface area contributed by atoms with Crippen LogP contribution in [0.2, 0.25) is 0 Å². The van der Waals surface area contributed by atoms with Gasteiger partial charge >= 0.3 is 0 Å². The third-order valence-corrected chi connectivity index (χ3v) is 4.03. The Morgan fingerprint density at radius 1 is 1.09 bits per heavy atom. The van der Waals surface area contributed by atoms with E-state index in [1.54, 1.807) is 12.1 Å². The molecule has 0 aromatic heterocycles. The van der Waals surface area contributed by atoms with E-state index < -0.39 is 0 Å². The van der Waals surface area contributed by atoms with E-state index in [-0.39, 0.29) is 12.4 Å². The Bertz CT molecular complexity index is 626. The molecule has 0 spiro atoms. The Hall–Kier alpha value is -1.91. The van der Waals surface area contributed by atoms with Crippen LogP contribution in [0.4, 0.5) is 4.39 Å². The van der Waals surface area contributed by atoms with Gasteiger partial charge in [-0.15, -0.1) is 0 Å². The summed E-state index contributed by atoms with van der Waals surface area (Å²) in [7, 11) is 0. The molecule has 1 atom stereocenters. The van der Waals surface area contributed by atoms with Crippen LogP contribution >= 0.6 is 0 Å². The molecule has 23 heavy (non-hydrogen) atoms. The third kappa shape index (κ3) is 4.53. The molecule has 0 aliphatic carbocycles. The van der Waals surface area contributed by atoms with E-state index in [1.165, 1.54) is 6.07 Å². The fourth-order valence-electron chi connectivity index (χ4n) is 2.73. The molecular weight excluding hydrogens is 293 g/mol. The van der Waals surface area contributed by atoms with Gasteiger partial charge in [0.05, 0.1) is 6.10 Å². The van der Waals surface area contributed by atoms with E-state index in [4.69, 9.17) is 9.47 Å². The molecule has 0 radical (unpaired) electrons. The maximum absolute atomic E-state index is 13.7. The predicted octanol–water partition coefficient (Wildman–Crippen LogP) is 3.67. The molecule has 1 fully saturated rings. The van der Waals surface area contributed by atoms with Crippen LogP contribution < -0.4 is 10.1 Å². The lowest BCUT2D eigenvalue weighted by atomic mass is 10.2. The van der Waals surface area contributed by atoms with Crippen molar-refractivity contribution in [1.29, 1.82) is 0 Å². The maximum Gasteiger partial charge on any atom is 0.129 e. The van der Waals surface area contributed by atoms with Crippen molar-refractivity contribution >= 4 is 0 Å². The van der Waals surface area contributed by atoms with Gasteiger partial charge in [-0.2, -0.15) is 0 Å². The van der Waals surface area contributed by atoms with E-state index in [0.29, 0.717) is 18.2 Å². The summed E-state index contributed by atoms with van der Waals surface area (Å²) in [5.74, 6) is 0.553. The van der Waals surface area contributed by atoms with Crippen LogP contribution in [-0.2, 0) is 17.9 Å². The van der Waals surface area contributed by atoms with E-state index in [9.17, 15) is 4.39 Å². The molecule has 1 aliphatic heterocycles. The number of para-hydroxylation sites is 1. The molecule has 0 bridgehead atoms. The van der Waals surface area contributed by atoms with Gasteiger partial charge in [-0.05, 0) is 25.0 Å². The zero-order valence-corrected chi connectivity index (χ0v) is 13.1. The minimum absolute atomic E-state index is 0.232. The van der Waals surface area contributed by atoms with Crippen molar-refractivity contribution in [3.63, 3.8) is 0 Å².